The van der Waals surface area contributed by atoms with Crippen LogP contribution in [-0.2, 0) is 5.41 Å². The Kier molecular flexibility index (Phi) is 5.25. The van der Waals surface area contributed by atoms with E-state index < -0.39 is 0 Å². The van der Waals surface area contributed by atoms with Crippen molar-refractivity contribution in [1.29, 1.82) is 0 Å². The maximum Gasteiger partial charge on any atom is 0.251 e. The standard InChI is InChI=1S/C21H27NO/c1-15-11-12-19(16(2)13-15)20(23)22-17(3)14-21(4,5)18-9-7-6-8-10-18/h6-13,17H,14H2,1-5H3,(H,22,23)/t17-/m0/s1. The fraction of sp³-hybridized carbons (Fsp3) is 0.381. The van der Waals surface area contributed by atoms with E-state index in [2.05, 4.69) is 50.4 Å². The summed E-state index contributed by atoms with van der Waals surface area (Å²) in [6.45, 7) is 10.6. The SMILES string of the molecule is Cc1ccc(C(=O)N[C@@H](C)CC(C)(C)c2ccccc2)c(C)c1. The summed E-state index contributed by atoms with van der Waals surface area (Å²) in [7, 11) is 0. The number of aryl methyl sites for hydroxylation is 2. The monoisotopic (exact) mass is 309 g/mol. The van der Waals surface area contributed by atoms with Crippen LogP contribution in [0.3, 0.4) is 0 Å². The number of amides is 1. The predicted octanol–water partition coefficient (Wildman–Crippen LogP) is 4.79. The van der Waals surface area contributed by atoms with Crippen LogP contribution in [0, 0.1) is 13.8 Å². The van der Waals surface area contributed by atoms with Gasteiger partial charge in [0.2, 0.25) is 0 Å². The van der Waals surface area contributed by atoms with E-state index in [1.54, 1.807) is 0 Å². The van der Waals surface area contributed by atoms with Gasteiger partial charge in [-0.15, -0.1) is 0 Å². The van der Waals surface area contributed by atoms with Crippen molar-refractivity contribution in [2.45, 2.75) is 52.5 Å². The topological polar surface area (TPSA) is 29.1 Å². The summed E-state index contributed by atoms with van der Waals surface area (Å²) in [5, 5.41) is 3.14. The molecule has 0 fully saturated rings. The van der Waals surface area contributed by atoms with Gasteiger partial charge in [-0.3, -0.25) is 4.79 Å². The molecule has 0 aromatic heterocycles. The lowest BCUT2D eigenvalue weighted by Gasteiger charge is -2.29. The number of nitrogens with one attached hydrogen (secondary N) is 1. The van der Waals surface area contributed by atoms with Crippen molar-refractivity contribution in [3.8, 4) is 0 Å². The lowest BCUT2D eigenvalue weighted by atomic mass is 9.79. The molecule has 0 saturated carbocycles. The lowest BCUT2D eigenvalue weighted by molar-refractivity contribution is 0.0934. The second kappa shape index (κ2) is 6.99. The smallest absolute Gasteiger partial charge is 0.251 e. The minimum Gasteiger partial charge on any atom is -0.350 e. The fourth-order valence-electron chi connectivity index (χ4n) is 3.19. The van der Waals surface area contributed by atoms with Gasteiger partial charge in [0.25, 0.3) is 5.91 Å². The van der Waals surface area contributed by atoms with Crippen molar-refractivity contribution in [3.05, 3.63) is 70.8 Å². The Labute approximate surface area is 139 Å². The Morgan fingerprint density at radius 2 is 1.74 bits per heavy atom. The van der Waals surface area contributed by atoms with Crippen LogP contribution in [0.2, 0.25) is 0 Å². The minimum absolute atomic E-state index is 0.0128. The first-order valence-corrected chi connectivity index (χ1v) is 8.23. The maximum absolute atomic E-state index is 12.5. The van der Waals surface area contributed by atoms with Gasteiger partial charge in [0.05, 0.1) is 0 Å². The number of benzene rings is 2. The van der Waals surface area contributed by atoms with E-state index in [1.807, 2.05) is 38.1 Å². The molecule has 0 spiro atoms. The van der Waals surface area contributed by atoms with Crippen molar-refractivity contribution >= 4 is 5.91 Å². The van der Waals surface area contributed by atoms with Gasteiger partial charge in [-0.2, -0.15) is 0 Å². The number of hydrogen-bond acceptors (Lipinski definition) is 1. The largest absolute Gasteiger partial charge is 0.350 e. The maximum atomic E-state index is 12.5. The van der Waals surface area contributed by atoms with Crippen LogP contribution in [-0.4, -0.2) is 11.9 Å². The summed E-state index contributed by atoms with van der Waals surface area (Å²) in [4.78, 5) is 12.5. The van der Waals surface area contributed by atoms with Gasteiger partial charge >= 0.3 is 0 Å². The summed E-state index contributed by atoms with van der Waals surface area (Å²) in [5.41, 5.74) is 4.29. The molecule has 0 saturated heterocycles. The summed E-state index contributed by atoms with van der Waals surface area (Å²) in [6, 6.07) is 16.5. The number of rotatable bonds is 5. The van der Waals surface area contributed by atoms with E-state index in [1.165, 1.54) is 11.1 Å². The first-order chi connectivity index (χ1) is 10.8. The normalized spacial score (nSPS) is 12.7. The second-order valence-electron chi connectivity index (χ2n) is 7.15. The summed E-state index contributed by atoms with van der Waals surface area (Å²) in [5.74, 6) is 0.0128. The Morgan fingerprint density at radius 3 is 2.35 bits per heavy atom. The van der Waals surface area contributed by atoms with E-state index in [-0.39, 0.29) is 17.4 Å². The molecule has 0 aliphatic rings. The number of hydrogen-bond donors (Lipinski definition) is 1. The van der Waals surface area contributed by atoms with E-state index in [0.29, 0.717) is 0 Å². The molecule has 1 N–H and O–H groups in total. The highest BCUT2D eigenvalue weighted by Crippen LogP contribution is 2.28. The third-order valence-corrected chi connectivity index (χ3v) is 4.38. The van der Waals surface area contributed by atoms with Crippen LogP contribution >= 0.6 is 0 Å². The van der Waals surface area contributed by atoms with E-state index in [0.717, 1.165) is 17.5 Å². The van der Waals surface area contributed by atoms with Crippen LogP contribution in [0.25, 0.3) is 0 Å². The molecule has 0 bridgehead atoms. The predicted molar refractivity (Wildman–Crippen MR) is 96.9 cm³/mol. The zero-order chi connectivity index (χ0) is 17.0. The Balaban J connectivity index is 2.04. The highest BCUT2D eigenvalue weighted by Gasteiger charge is 2.24. The van der Waals surface area contributed by atoms with Crippen molar-refractivity contribution in [1.82, 2.24) is 5.32 Å². The molecule has 2 rings (SSSR count). The van der Waals surface area contributed by atoms with E-state index in [4.69, 9.17) is 0 Å². The van der Waals surface area contributed by atoms with Crippen molar-refractivity contribution in [2.75, 3.05) is 0 Å². The molecule has 2 nitrogen and oxygen atoms in total. The van der Waals surface area contributed by atoms with Gasteiger partial charge in [0.1, 0.15) is 0 Å². The molecule has 0 radical (unpaired) electrons. The summed E-state index contributed by atoms with van der Waals surface area (Å²) < 4.78 is 0. The first-order valence-electron chi connectivity index (χ1n) is 8.23. The molecule has 0 aliphatic carbocycles. The number of carbonyl (C=O) groups excluding carboxylic acids is 1. The van der Waals surface area contributed by atoms with Crippen LogP contribution in [0.5, 0.6) is 0 Å². The van der Waals surface area contributed by atoms with Crippen molar-refractivity contribution in [3.63, 3.8) is 0 Å². The van der Waals surface area contributed by atoms with Crippen LogP contribution in [0.1, 0.15) is 54.2 Å². The molecule has 2 heteroatoms. The summed E-state index contributed by atoms with van der Waals surface area (Å²) in [6.07, 6.45) is 0.896. The molecule has 1 atom stereocenters. The van der Waals surface area contributed by atoms with Gasteiger partial charge in [0.15, 0.2) is 0 Å². The van der Waals surface area contributed by atoms with E-state index in [9.17, 15) is 4.79 Å². The molecule has 2 aromatic rings. The molecule has 0 aliphatic heterocycles. The zero-order valence-electron chi connectivity index (χ0n) is 14.8. The highest BCUT2D eigenvalue weighted by atomic mass is 16.1. The number of carbonyl (C=O) groups is 1. The second-order valence-corrected chi connectivity index (χ2v) is 7.15. The highest BCUT2D eigenvalue weighted by molar-refractivity contribution is 5.95. The fourth-order valence-corrected chi connectivity index (χ4v) is 3.19. The molecule has 0 heterocycles. The Bertz CT molecular complexity index is 673. The average Bonchev–Trinajstić information content (AvgIpc) is 2.47. The van der Waals surface area contributed by atoms with Gasteiger partial charge < -0.3 is 5.32 Å². The van der Waals surface area contributed by atoms with Gasteiger partial charge in [0, 0.05) is 11.6 Å². The molecule has 1 amide bonds. The van der Waals surface area contributed by atoms with Gasteiger partial charge in [-0.1, -0.05) is 61.9 Å². The molecule has 122 valence electrons. The first kappa shape index (κ1) is 17.3. The summed E-state index contributed by atoms with van der Waals surface area (Å²) >= 11 is 0. The average molecular weight is 309 g/mol. The van der Waals surface area contributed by atoms with E-state index >= 15 is 0 Å². The van der Waals surface area contributed by atoms with Crippen molar-refractivity contribution in [2.24, 2.45) is 0 Å². The molecule has 2 aromatic carbocycles. The van der Waals surface area contributed by atoms with Gasteiger partial charge in [-0.05, 0) is 49.8 Å². The quantitative estimate of drug-likeness (QED) is 0.845. The minimum atomic E-state index is 0.0128. The molecular formula is C21H27NO. The molecule has 0 unspecified atom stereocenters. The van der Waals surface area contributed by atoms with Crippen LogP contribution in [0.4, 0.5) is 0 Å². The van der Waals surface area contributed by atoms with Crippen LogP contribution in [0.15, 0.2) is 48.5 Å². The lowest BCUT2D eigenvalue weighted by Crippen LogP contribution is -2.37. The third kappa shape index (κ3) is 4.44. The zero-order valence-corrected chi connectivity index (χ0v) is 14.8. The van der Waals surface area contributed by atoms with Crippen molar-refractivity contribution < 1.29 is 4.79 Å². The molecule has 23 heavy (non-hydrogen) atoms. The Morgan fingerprint density at radius 1 is 1.09 bits per heavy atom. The van der Waals surface area contributed by atoms with Gasteiger partial charge in [-0.25, -0.2) is 0 Å². The Hall–Kier alpha value is -2.09. The molecular weight excluding hydrogens is 282 g/mol. The van der Waals surface area contributed by atoms with Crippen LogP contribution < -0.4 is 5.32 Å². The third-order valence-electron chi connectivity index (χ3n) is 4.38.